The molecule has 0 aliphatic rings. The Kier molecular flexibility index (Phi) is 2.25. The second-order valence-corrected chi connectivity index (χ2v) is 3.18. The Bertz CT molecular complexity index is 531. The van der Waals surface area contributed by atoms with Gasteiger partial charge in [0, 0.05) is 17.4 Å². The van der Waals surface area contributed by atoms with Gasteiger partial charge in [-0.05, 0) is 23.8 Å². The minimum Gasteiger partial charge on any atom is -0.398 e. The van der Waals surface area contributed by atoms with Gasteiger partial charge in [-0.25, -0.2) is 4.39 Å². The second kappa shape index (κ2) is 3.57. The number of halogens is 1. The van der Waals surface area contributed by atoms with E-state index in [-0.39, 0.29) is 11.4 Å². The van der Waals surface area contributed by atoms with Crippen molar-refractivity contribution in [1.29, 1.82) is 0 Å². The number of aromatic amines is 1. The molecule has 3 N–H and O–H groups in total. The zero-order valence-corrected chi connectivity index (χ0v) is 7.83. The van der Waals surface area contributed by atoms with Crippen LogP contribution in [0.4, 0.5) is 10.1 Å². The van der Waals surface area contributed by atoms with Gasteiger partial charge in [0.2, 0.25) is 0 Å². The number of hydrogen-bond acceptors (Lipinski definition) is 2. The fourth-order valence-corrected chi connectivity index (χ4v) is 1.34. The molecule has 2 rings (SSSR count). The topological polar surface area (TPSA) is 58.9 Å². The van der Waals surface area contributed by atoms with E-state index in [1.54, 1.807) is 18.2 Å². The Morgan fingerprint density at radius 1 is 1.20 bits per heavy atom. The third-order valence-corrected chi connectivity index (χ3v) is 2.08. The highest BCUT2D eigenvalue weighted by molar-refractivity contribution is 5.65. The fraction of sp³-hybridized carbons (Fsp3) is 0. The standard InChI is InChI=1S/C11H9FN2O/c12-8-3-1-7(2-4-8)10-5-9(13)6-14-11(10)15/h1-6H,13H2,(H,14,15). The van der Waals surface area contributed by atoms with Gasteiger partial charge in [0.15, 0.2) is 0 Å². The molecule has 0 atom stereocenters. The van der Waals surface area contributed by atoms with Crippen molar-refractivity contribution >= 4 is 5.69 Å². The van der Waals surface area contributed by atoms with Crippen molar-refractivity contribution in [1.82, 2.24) is 4.98 Å². The van der Waals surface area contributed by atoms with Gasteiger partial charge in [0.05, 0.1) is 0 Å². The van der Waals surface area contributed by atoms with Crippen molar-refractivity contribution in [2.24, 2.45) is 0 Å². The Balaban J connectivity index is 2.58. The fourth-order valence-electron chi connectivity index (χ4n) is 1.34. The minimum atomic E-state index is -0.334. The van der Waals surface area contributed by atoms with Crippen molar-refractivity contribution in [3.63, 3.8) is 0 Å². The van der Waals surface area contributed by atoms with Crippen LogP contribution in [0.15, 0.2) is 41.3 Å². The maximum Gasteiger partial charge on any atom is 0.255 e. The highest BCUT2D eigenvalue weighted by Crippen LogP contribution is 2.16. The first-order valence-corrected chi connectivity index (χ1v) is 4.41. The minimum absolute atomic E-state index is 0.240. The van der Waals surface area contributed by atoms with Crippen LogP contribution in [0.5, 0.6) is 0 Å². The van der Waals surface area contributed by atoms with Crippen LogP contribution >= 0.6 is 0 Å². The van der Waals surface area contributed by atoms with E-state index in [9.17, 15) is 9.18 Å². The number of anilines is 1. The first-order chi connectivity index (χ1) is 7.16. The number of benzene rings is 1. The van der Waals surface area contributed by atoms with Gasteiger partial charge in [-0.3, -0.25) is 4.79 Å². The summed E-state index contributed by atoms with van der Waals surface area (Å²) in [7, 11) is 0. The monoisotopic (exact) mass is 204 g/mol. The van der Waals surface area contributed by atoms with Gasteiger partial charge >= 0.3 is 0 Å². The maximum atomic E-state index is 12.7. The van der Waals surface area contributed by atoms with Crippen molar-refractivity contribution in [2.45, 2.75) is 0 Å². The molecule has 15 heavy (non-hydrogen) atoms. The lowest BCUT2D eigenvalue weighted by Gasteiger charge is -2.01. The van der Waals surface area contributed by atoms with E-state index in [1.807, 2.05) is 0 Å². The molecule has 0 spiro atoms. The molecule has 0 saturated heterocycles. The number of rotatable bonds is 1. The molecule has 2 aromatic rings. The summed E-state index contributed by atoms with van der Waals surface area (Å²) in [5, 5.41) is 0. The predicted molar refractivity (Wildman–Crippen MR) is 56.9 cm³/mol. The van der Waals surface area contributed by atoms with Crippen LogP contribution in [0.1, 0.15) is 0 Å². The second-order valence-electron chi connectivity index (χ2n) is 3.18. The van der Waals surface area contributed by atoms with Gasteiger partial charge < -0.3 is 10.7 Å². The lowest BCUT2D eigenvalue weighted by Crippen LogP contribution is -2.08. The lowest BCUT2D eigenvalue weighted by molar-refractivity contribution is 0.628. The molecular weight excluding hydrogens is 195 g/mol. The van der Waals surface area contributed by atoms with Crippen LogP contribution in [-0.4, -0.2) is 4.98 Å². The quantitative estimate of drug-likeness (QED) is 0.743. The van der Waals surface area contributed by atoms with Crippen LogP contribution in [0.25, 0.3) is 11.1 Å². The average Bonchev–Trinajstić information content (AvgIpc) is 2.23. The summed E-state index contributed by atoms with van der Waals surface area (Å²) in [6.45, 7) is 0. The third kappa shape index (κ3) is 1.88. The van der Waals surface area contributed by atoms with Crippen molar-refractivity contribution in [2.75, 3.05) is 5.73 Å². The van der Waals surface area contributed by atoms with E-state index in [4.69, 9.17) is 5.73 Å². The van der Waals surface area contributed by atoms with E-state index in [0.29, 0.717) is 16.8 Å². The summed E-state index contributed by atoms with van der Waals surface area (Å²) >= 11 is 0. The molecule has 3 nitrogen and oxygen atoms in total. The molecule has 0 aliphatic carbocycles. The van der Waals surface area contributed by atoms with Crippen molar-refractivity contribution < 1.29 is 4.39 Å². The number of nitrogens with one attached hydrogen (secondary N) is 1. The molecule has 4 heteroatoms. The number of nitrogens with two attached hydrogens (primary N) is 1. The number of aromatic nitrogens is 1. The molecule has 76 valence electrons. The smallest absolute Gasteiger partial charge is 0.255 e. The average molecular weight is 204 g/mol. The van der Waals surface area contributed by atoms with Crippen LogP contribution in [0.3, 0.4) is 0 Å². The largest absolute Gasteiger partial charge is 0.398 e. The molecule has 1 aromatic carbocycles. The molecule has 0 fully saturated rings. The Morgan fingerprint density at radius 2 is 1.87 bits per heavy atom. The van der Waals surface area contributed by atoms with E-state index in [1.165, 1.54) is 18.3 Å². The zero-order valence-electron chi connectivity index (χ0n) is 7.83. The molecule has 0 amide bonds. The molecule has 1 heterocycles. The molecule has 0 saturated carbocycles. The number of hydrogen-bond donors (Lipinski definition) is 2. The van der Waals surface area contributed by atoms with E-state index >= 15 is 0 Å². The van der Waals surface area contributed by atoms with Gasteiger partial charge in [-0.15, -0.1) is 0 Å². The third-order valence-electron chi connectivity index (χ3n) is 2.08. The van der Waals surface area contributed by atoms with Crippen LogP contribution < -0.4 is 11.3 Å². The van der Waals surface area contributed by atoms with Gasteiger partial charge in [-0.2, -0.15) is 0 Å². The molecule has 0 bridgehead atoms. The summed E-state index contributed by atoms with van der Waals surface area (Å²) < 4.78 is 12.7. The van der Waals surface area contributed by atoms with E-state index in [0.717, 1.165) is 0 Å². The highest BCUT2D eigenvalue weighted by atomic mass is 19.1. The molecule has 0 unspecified atom stereocenters. The summed E-state index contributed by atoms with van der Waals surface area (Å²) in [6, 6.07) is 7.25. The number of pyridine rings is 1. The Morgan fingerprint density at radius 3 is 2.53 bits per heavy atom. The van der Waals surface area contributed by atoms with Crippen LogP contribution in [0.2, 0.25) is 0 Å². The van der Waals surface area contributed by atoms with Crippen molar-refractivity contribution in [3.8, 4) is 11.1 Å². The molecule has 0 aliphatic heterocycles. The number of H-pyrrole nitrogens is 1. The molecule has 0 radical (unpaired) electrons. The molecule has 1 aromatic heterocycles. The van der Waals surface area contributed by atoms with E-state index < -0.39 is 0 Å². The predicted octanol–water partition coefficient (Wildman–Crippen LogP) is 1.76. The zero-order chi connectivity index (χ0) is 10.8. The first kappa shape index (κ1) is 9.45. The van der Waals surface area contributed by atoms with Crippen molar-refractivity contribution in [3.05, 3.63) is 52.7 Å². The van der Waals surface area contributed by atoms with Gasteiger partial charge in [0.25, 0.3) is 5.56 Å². The van der Waals surface area contributed by atoms with Crippen LogP contribution in [-0.2, 0) is 0 Å². The van der Waals surface area contributed by atoms with E-state index in [2.05, 4.69) is 4.98 Å². The summed E-state index contributed by atoms with van der Waals surface area (Å²) in [4.78, 5) is 14.0. The highest BCUT2D eigenvalue weighted by Gasteiger charge is 2.03. The summed E-state index contributed by atoms with van der Waals surface area (Å²) in [5.74, 6) is -0.334. The Hall–Kier alpha value is -2.10. The van der Waals surface area contributed by atoms with Gasteiger partial charge in [-0.1, -0.05) is 12.1 Å². The summed E-state index contributed by atoms with van der Waals surface area (Å²) in [5.41, 5.74) is 6.86. The molecular formula is C11H9FN2O. The lowest BCUT2D eigenvalue weighted by atomic mass is 10.1. The Labute approximate surface area is 85.4 Å². The SMILES string of the molecule is Nc1c[nH]c(=O)c(-c2ccc(F)cc2)c1. The first-order valence-electron chi connectivity index (χ1n) is 4.41. The normalized spacial score (nSPS) is 10.2. The maximum absolute atomic E-state index is 12.7. The number of nitrogen functional groups attached to an aromatic ring is 1. The van der Waals surface area contributed by atoms with Crippen LogP contribution in [0, 0.1) is 5.82 Å². The summed E-state index contributed by atoms with van der Waals surface area (Å²) in [6.07, 6.45) is 1.43. The van der Waals surface area contributed by atoms with Gasteiger partial charge in [0.1, 0.15) is 5.82 Å².